The molecular weight excluding hydrogens is 193 g/mol. The maximum absolute atomic E-state index is 11.9. The lowest BCUT2D eigenvalue weighted by Crippen LogP contribution is -2.03. The molecule has 0 fully saturated rings. The maximum Gasteiger partial charge on any atom is 0.410 e. The molecular formula is C9H13F3N2. The van der Waals surface area contributed by atoms with Crippen molar-refractivity contribution < 1.29 is 13.2 Å². The molecule has 0 saturated carbocycles. The molecule has 0 heterocycles. The van der Waals surface area contributed by atoms with Crippen LogP contribution in [0.1, 0.15) is 20.3 Å². The summed E-state index contributed by atoms with van der Waals surface area (Å²) in [5, 5.41) is 0. The topological polar surface area (TPSA) is 38.4 Å². The van der Waals surface area contributed by atoms with E-state index >= 15 is 0 Å². The molecule has 0 atom stereocenters. The minimum atomic E-state index is -4.31. The van der Waals surface area contributed by atoms with Crippen molar-refractivity contribution in [3.8, 4) is 0 Å². The van der Waals surface area contributed by atoms with Gasteiger partial charge in [0.2, 0.25) is 0 Å². The highest BCUT2D eigenvalue weighted by molar-refractivity contribution is 5.55. The number of allylic oxidation sites excluding steroid dienone is 3. The Balaban J connectivity index is 4.75. The van der Waals surface area contributed by atoms with Crippen LogP contribution in [0, 0.1) is 0 Å². The van der Waals surface area contributed by atoms with E-state index in [1.807, 2.05) is 0 Å². The van der Waals surface area contributed by atoms with Crippen molar-refractivity contribution in [3.05, 3.63) is 23.5 Å². The number of hydrogen-bond donors (Lipinski definition) is 1. The standard InChI is InChI=1S/C9H13F3N2/c1-3-7(6-9(10,11)12)5-8(13)14-4-2/h4-6H,3,13H2,1-2H3/b7-6+,8-5-,14-4+. The van der Waals surface area contributed by atoms with Crippen LogP contribution in [0.2, 0.25) is 0 Å². The fourth-order valence-corrected chi connectivity index (χ4v) is 0.832. The average Bonchev–Trinajstić information content (AvgIpc) is 2.01. The predicted octanol–water partition coefficient (Wildman–Crippen LogP) is 2.78. The number of nitrogens with zero attached hydrogens (tertiary/aromatic N) is 1. The Hall–Kier alpha value is -1.26. The highest BCUT2D eigenvalue weighted by Gasteiger charge is 2.23. The van der Waals surface area contributed by atoms with E-state index in [0.717, 1.165) is 0 Å². The number of nitrogens with two attached hydrogens (primary N) is 1. The van der Waals surface area contributed by atoms with Crippen molar-refractivity contribution in [2.24, 2.45) is 10.7 Å². The Kier molecular flexibility index (Phi) is 4.97. The molecule has 5 heteroatoms. The summed E-state index contributed by atoms with van der Waals surface area (Å²) >= 11 is 0. The molecule has 0 amide bonds. The van der Waals surface area contributed by atoms with Gasteiger partial charge in [-0.25, -0.2) is 4.99 Å². The van der Waals surface area contributed by atoms with Crippen LogP contribution in [0.25, 0.3) is 0 Å². The summed E-state index contributed by atoms with van der Waals surface area (Å²) in [5.41, 5.74) is 5.45. The van der Waals surface area contributed by atoms with E-state index in [1.54, 1.807) is 13.8 Å². The van der Waals surface area contributed by atoms with E-state index in [2.05, 4.69) is 4.99 Å². The summed E-state index contributed by atoms with van der Waals surface area (Å²) in [6.07, 6.45) is -1.18. The summed E-state index contributed by atoms with van der Waals surface area (Å²) < 4.78 is 35.8. The molecule has 0 radical (unpaired) electrons. The van der Waals surface area contributed by atoms with Crippen LogP contribution in [0.3, 0.4) is 0 Å². The lowest BCUT2D eigenvalue weighted by molar-refractivity contribution is -0.0804. The smallest absolute Gasteiger partial charge is 0.384 e. The van der Waals surface area contributed by atoms with Crippen molar-refractivity contribution in [1.29, 1.82) is 0 Å². The van der Waals surface area contributed by atoms with Crippen molar-refractivity contribution in [1.82, 2.24) is 0 Å². The maximum atomic E-state index is 11.9. The number of halogens is 3. The Morgan fingerprint density at radius 3 is 2.36 bits per heavy atom. The zero-order valence-electron chi connectivity index (χ0n) is 8.10. The average molecular weight is 206 g/mol. The molecule has 0 spiro atoms. The molecule has 0 aliphatic rings. The van der Waals surface area contributed by atoms with Gasteiger partial charge in [0, 0.05) is 12.3 Å². The van der Waals surface area contributed by atoms with Crippen LogP contribution in [0.4, 0.5) is 13.2 Å². The minimum absolute atomic E-state index is 0.0739. The van der Waals surface area contributed by atoms with E-state index in [1.165, 1.54) is 12.3 Å². The quantitative estimate of drug-likeness (QED) is 0.559. The van der Waals surface area contributed by atoms with Gasteiger partial charge in [-0.15, -0.1) is 0 Å². The normalized spacial score (nSPS) is 15.2. The molecule has 0 unspecified atom stereocenters. The lowest BCUT2D eigenvalue weighted by atomic mass is 10.2. The second kappa shape index (κ2) is 5.47. The van der Waals surface area contributed by atoms with E-state index in [-0.39, 0.29) is 23.9 Å². The number of alkyl halides is 3. The Labute approximate surface area is 81.0 Å². The second-order valence-corrected chi connectivity index (χ2v) is 2.57. The van der Waals surface area contributed by atoms with Crippen molar-refractivity contribution in [2.75, 3.05) is 0 Å². The zero-order chi connectivity index (χ0) is 11.2. The molecule has 14 heavy (non-hydrogen) atoms. The number of hydrogen-bond acceptors (Lipinski definition) is 2. The van der Waals surface area contributed by atoms with E-state index in [9.17, 15) is 13.2 Å². The largest absolute Gasteiger partial charge is 0.410 e. The lowest BCUT2D eigenvalue weighted by Gasteiger charge is -2.02. The van der Waals surface area contributed by atoms with Gasteiger partial charge in [0.15, 0.2) is 0 Å². The van der Waals surface area contributed by atoms with Crippen LogP contribution >= 0.6 is 0 Å². The molecule has 0 bridgehead atoms. The van der Waals surface area contributed by atoms with Gasteiger partial charge >= 0.3 is 6.18 Å². The second-order valence-electron chi connectivity index (χ2n) is 2.57. The highest BCUT2D eigenvalue weighted by atomic mass is 19.4. The third-order valence-electron chi connectivity index (χ3n) is 1.37. The third-order valence-corrected chi connectivity index (χ3v) is 1.37. The Morgan fingerprint density at radius 1 is 1.43 bits per heavy atom. The first-order valence-electron chi connectivity index (χ1n) is 4.13. The molecule has 0 aromatic carbocycles. The fraction of sp³-hybridized carbons (Fsp3) is 0.444. The molecule has 0 rings (SSSR count). The van der Waals surface area contributed by atoms with Crippen LogP contribution in [0.15, 0.2) is 28.5 Å². The van der Waals surface area contributed by atoms with Gasteiger partial charge in [0.05, 0.1) is 0 Å². The highest BCUT2D eigenvalue weighted by Crippen LogP contribution is 2.20. The van der Waals surface area contributed by atoms with Gasteiger partial charge in [-0.05, 0) is 25.0 Å². The first-order chi connectivity index (χ1) is 6.39. The van der Waals surface area contributed by atoms with E-state index in [4.69, 9.17) is 5.73 Å². The van der Waals surface area contributed by atoms with Crippen LogP contribution in [-0.4, -0.2) is 12.4 Å². The van der Waals surface area contributed by atoms with Crippen molar-refractivity contribution >= 4 is 6.21 Å². The molecule has 0 aromatic heterocycles. The Morgan fingerprint density at radius 2 is 2.00 bits per heavy atom. The van der Waals surface area contributed by atoms with Crippen molar-refractivity contribution in [3.63, 3.8) is 0 Å². The molecule has 2 nitrogen and oxygen atoms in total. The fourth-order valence-electron chi connectivity index (χ4n) is 0.832. The summed E-state index contributed by atoms with van der Waals surface area (Å²) in [5.74, 6) is 0.0739. The molecule has 0 saturated heterocycles. The summed E-state index contributed by atoms with van der Waals surface area (Å²) in [6, 6.07) is 0. The van der Waals surface area contributed by atoms with Crippen LogP contribution in [0.5, 0.6) is 0 Å². The predicted molar refractivity (Wildman–Crippen MR) is 50.9 cm³/mol. The number of aliphatic imine (C=N–C) groups is 1. The Bertz CT molecular complexity index is 262. The van der Waals surface area contributed by atoms with Gasteiger partial charge in [0.1, 0.15) is 5.82 Å². The molecule has 0 aromatic rings. The monoisotopic (exact) mass is 206 g/mol. The molecule has 80 valence electrons. The van der Waals surface area contributed by atoms with Gasteiger partial charge < -0.3 is 5.73 Å². The zero-order valence-corrected chi connectivity index (χ0v) is 8.10. The van der Waals surface area contributed by atoms with Gasteiger partial charge in [-0.2, -0.15) is 13.2 Å². The summed E-state index contributed by atoms with van der Waals surface area (Å²) in [4.78, 5) is 3.65. The molecule has 0 aliphatic heterocycles. The summed E-state index contributed by atoms with van der Waals surface area (Å²) in [6.45, 7) is 3.26. The van der Waals surface area contributed by atoms with Gasteiger partial charge in [0.25, 0.3) is 0 Å². The van der Waals surface area contributed by atoms with Crippen LogP contribution < -0.4 is 5.73 Å². The van der Waals surface area contributed by atoms with Crippen LogP contribution in [-0.2, 0) is 0 Å². The SMILES string of the molecule is C/C=N/C(N)=C\C(=C\C(F)(F)F)CC. The first-order valence-corrected chi connectivity index (χ1v) is 4.13. The van der Waals surface area contributed by atoms with Gasteiger partial charge in [-0.1, -0.05) is 6.92 Å². The minimum Gasteiger partial charge on any atom is -0.384 e. The van der Waals surface area contributed by atoms with E-state index < -0.39 is 6.18 Å². The molecule has 0 aliphatic carbocycles. The summed E-state index contributed by atoms with van der Waals surface area (Å²) in [7, 11) is 0. The van der Waals surface area contributed by atoms with Crippen molar-refractivity contribution in [2.45, 2.75) is 26.4 Å². The molecule has 2 N–H and O–H groups in total. The third kappa shape index (κ3) is 6.28. The first kappa shape index (κ1) is 12.7. The van der Waals surface area contributed by atoms with Gasteiger partial charge in [-0.3, -0.25) is 0 Å². The van der Waals surface area contributed by atoms with E-state index in [0.29, 0.717) is 0 Å². The number of rotatable bonds is 3.